The van der Waals surface area contributed by atoms with Crippen molar-refractivity contribution in [2.75, 3.05) is 12.4 Å². The number of aryl methyl sites for hydroxylation is 1. The zero-order valence-corrected chi connectivity index (χ0v) is 15.6. The molecule has 1 aliphatic rings. The van der Waals surface area contributed by atoms with E-state index in [1.807, 2.05) is 0 Å². The second kappa shape index (κ2) is 8.02. The molecule has 132 valence electrons. The molecule has 1 aliphatic carbocycles. The van der Waals surface area contributed by atoms with Crippen LogP contribution in [-0.4, -0.2) is 19.0 Å². The third-order valence-corrected chi connectivity index (χ3v) is 5.82. The lowest BCUT2D eigenvalue weighted by Crippen LogP contribution is -2.14. The molecule has 0 radical (unpaired) electrons. The molecule has 2 aromatic rings. The Morgan fingerprint density at radius 2 is 1.92 bits per heavy atom. The van der Waals surface area contributed by atoms with Gasteiger partial charge in [-0.15, -0.1) is 11.3 Å². The van der Waals surface area contributed by atoms with Crippen LogP contribution in [0.5, 0.6) is 0 Å². The molecule has 4 nitrogen and oxygen atoms in total. The summed E-state index contributed by atoms with van der Waals surface area (Å²) < 4.78 is 4.98. The van der Waals surface area contributed by atoms with Crippen LogP contribution in [0.4, 0.5) is 5.00 Å². The molecule has 0 saturated heterocycles. The quantitative estimate of drug-likeness (QED) is 0.757. The fourth-order valence-electron chi connectivity index (χ4n) is 3.13. The number of anilines is 1. The van der Waals surface area contributed by atoms with Crippen LogP contribution in [-0.2, 0) is 17.6 Å². The van der Waals surface area contributed by atoms with Gasteiger partial charge in [-0.25, -0.2) is 4.79 Å². The number of amides is 1. The average Bonchev–Trinajstić information content (AvgIpc) is 2.90. The Kier molecular flexibility index (Phi) is 5.76. The summed E-state index contributed by atoms with van der Waals surface area (Å²) in [4.78, 5) is 26.1. The van der Waals surface area contributed by atoms with E-state index in [2.05, 4.69) is 5.32 Å². The predicted molar refractivity (Wildman–Crippen MR) is 101 cm³/mol. The highest BCUT2D eigenvalue weighted by Crippen LogP contribution is 2.37. The van der Waals surface area contributed by atoms with Gasteiger partial charge in [0.15, 0.2) is 0 Å². The number of methoxy groups -OCH3 is 1. The Hall–Kier alpha value is -1.85. The standard InChI is InChI=1S/C19H20ClNO3S/c1-24-19(23)16-14-9-4-2-3-5-10-15(14)25-18(16)21-17(22)12-7-6-8-13(20)11-12/h6-8,11H,2-5,9-10H2,1H3,(H,21,22). The summed E-state index contributed by atoms with van der Waals surface area (Å²) in [5, 5.41) is 3.96. The monoisotopic (exact) mass is 377 g/mol. The molecule has 1 amide bonds. The second-order valence-electron chi connectivity index (χ2n) is 6.08. The van der Waals surface area contributed by atoms with Gasteiger partial charge >= 0.3 is 5.97 Å². The van der Waals surface area contributed by atoms with Gasteiger partial charge in [0.25, 0.3) is 5.91 Å². The van der Waals surface area contributed by atoms with Gasteiger partial charge in [-0.1, -0.05) is 30.5 Å². The van der Waals surface area contributed by atoms with Crippen LogP contribution in [0.2, 0.25) is 5.02 Å². The van der Waals surface area contributed by atoms with Crippen LogP contribution in [0.3, 0.4) is 0 Å². The first-order valence-corrected chi connectivity index (χ1v) is 9.59. The van der Waals surface area contributed by atoms with Crippen molar-refractivity contribution in [2.45, 2.75) is 38.5 Å². The van der Waals surface area contributed by atoms with Crippen LogP contribution in [0.1, 0.15) is 56.8 Å². The number of thiophene rings is 1. The maximum absolute atomic E-state index is 12.6. The van der Waals surface area contributed by atoms with Gasteiger partial charge in [0, 0.05) is 15.5 Å². The Labute approximate surface area is 156 Å². The van der Waals surface area contributed by atoms with Crippen molar-refractivity contribution in [1.82, 2.24) is 0 Å². The maximum Gasteiger partial charge on any atom is 0.341 e. The molecule has 1 aromatic carbocycles. The number of carbonyl (C=O) groups is 2. The van der Waals surface area contributed by atoms with E-state index < -0.39 is 0 Å². The minimum Gasteiger partial charge on any atom is -0.465 e. The van der Waals surface area contributed by atoms with Crippen LogP contribution in [0.15, 0.2) is 24.3 Å². The molecule has 1 heterocycles. The SMILES string of the molecule is COC(=O)c1c(NC(=O)c2cccc(Cl)c2)sc2c1CCCCCC2. The van der Waals surface area contributed by atoms with Crippen molar-refractivity contribution in [3.05, 3.63) is 50.9 Å². The Balaban J connectivity index is 1.95. The molecule has 25 heavy (non-hydrogen) atoms. The van der Waals surface area contributed by atoms with Crippen LogP contribution in [0, 0.1) is 0 Å². The lowest BCUT2D eigenvalue weighted by atomic mass is 9.96. The summed E-state index contributed by atoms with van der Waals surface area (Å²) in [7, 11) is 1.37. The number of halogens is 1. The van der Waals surface area contributed by atoms with E-state index in [0.29, 0.717) is 21.2 Å². The molecule has 6 heteroatoms. The fourth-order valence-corrected chi connectivity index (χ4v) is 4.59. The topological polar surface area (TPSA) is 55.4 Å². The summed E-state index contributed by atoms with van der Waals surface area (Å²) in [5.41, 5.74) is 2.02. The highest BCUT2D eigenvalue weighted by atomic mass is 35.5. The zero-order chi connectivity index (χ0) is 17.8. The first kappa shape index (κ1) is 18.0. The number of ether oxygens (including phenoxy) is 1. The summed E-state index contributed by atoms with van der Waals surface area (Å²) >= 11 is 7.45. The number of carbonyl (C=O) groups excluding carboxylic acids is 2. The van der Waals surface area contributed by atoms with Gasteiger partial charge in [-0.2, -0.15) is 0 Å². The predicted octanol–water partition coefficient (Wildman–Crippen LogP) is 5.10. The number of hydrogen-bond donors (Lipinski definition) is 1. The molecular weight excluding hydrogens is 358 g/mol. The minimum absolute atomic E-state index is 0.276. The Bertz CT molecular complexity index is 800. The summed E-state index contributed by atoms with van der Waals surface area (Å²) in [6, 6.07) is 6.75. The molecular formula is C19H20ClNO3S. The number of fused-ring (bicyclic) bond motifs is 1. The second-order valence-corrected chi connectivity index (χ2v) is 7.62. The average molecular weight is 378 g/mol. The molecule has 1 aromatic heterocycles. The Morgan fingerprint density at radius 1 is 1.16 bits per heavy atom. The highest BCUT2D eigenvalue weighted by Gasteiger charge is 2.26. The molecule has 0 atom stereocenters. The van der Waals surface area contributed by atoms with Crippen LogP contribution in [0.25, 0.3) is 0 Å². The van der Waals surface area contributed by atoms with E-state index in [1.165, 1.54) is 36.2 Å². The third kappa shape index (κ3) is 4.05. The maximum atomic E-state index is 12.6. The normalized spacial score (nSPS) is 14.2. The molecule has 3 rings (SSSR count). The molecule has 0 unspecified atom stereocenters. The number of nitrogens with one attached hydrogen (secondary N) is 1. The number of rotatable bonds is 3. The summed E-state index contributed by atoms with van der Waals surface area (Å²) in [6.07, 6.45) is 6.32. The van der Waals surface area contributed by atoms with Crippen LogP contribution < -0.4 is 5.32 Å². The van der Waals surface area contributed by atoms with Crippen molar-refractivity contribution >= 4 is 39.8 Å². The molecule has 0 bridgehead atoms. The largest absolute Gasteiger partial charge is 0.465 e. The molecule has 0 aliphatic heterocycles. The van der Waals surface area contributed by atoms with E-state index in [0.717, 1.165) is 31.2 Å². The van der Waals surface area contributed by atoms with Gasteiger partial charge < -0.3 is 10.1 Å². The first-order valence-electron chi connectivity index (χ1n) is 8.40. The van der Waals surface area contributed by atoms with Gasteiger partial charge in [0.2, 0.25) is 0 Å². The van der Waals surface area contributed by atoms with E-state index >= 15 is 0 Å². The molecule has 0 spiro atoms. The number of benzene rings is 1. The van der Waals surface area contributed by atoms with Gasteiger partial charge in [0.05, 0.1) is 12.7 Å². The number of hydrogen-bond acceptors (Lipinski definition) is 4. The van der Waals surface area contributed by atoms with E-state index in [4.69, 9.17) is 16.3 Å². The first-order chi connectivity index (χ1) is 12.1. The van der Waals surface area contributed by atoms with E-state index in [1.54, 1.807) is 24.3 Å². The zero-order valence-electron chi connectivity index (χ0n) is 14.1. The summed E-state index contributed by atoms with van der Waals surface area (Å²) in [5.74, 6) is -0.665. The lowest BCUT2D eigenvalue weighted by molar-refractivity contribution is 0.0601. The molecule has 1 N–H and O–H groups in total. The number of esters is 1. The fraction of sp³-hybridized carbons (Fsp3) is 0.368. The smallest absolute Gasteiger partial charge is 0.341 e. The highest BCUT2D eigenvalue weighted by molar-refractivity contribution is 7.17. The van der Waals surface area contributed by atoms with Crippen LogP contribution >= 0.6 is 22.9 Å². The molecule has 0 fully saturated rings. The minimum atomic E-state index is -0.389. The van der Waals surface area contributed by atoms with Crippen molar-refractivity contribution in [1.29, 1.82) is 0 Å². The van der Waals surface area contributed by atoms with Crippen molar-refractivity contribution in [3.63, 3.8) is 0 Å². The Morgan fingerprint density at radius 3 is 2.64 bits per heavy atom. The van der Waals surface area contributed by atoms with Crippen molar-refractivity contribution in [3.8, 4) is 0 Å². The molecule has 0 saturated carbocycles. The van der Waals surface area contributed by atoms with Gasteiger partial charge in [-0.3, -0.25) is 4.79 Å². The van der Waals surface area contributed by atoms with Crippen molar-refractivity contribution in [2.24, 2.45) is 0 Å². The van der Waals surface area contributed by atoms with Crippen molar-refractivity contribution < 1.29 is 14.3 Å². The van der Waals surface area contributed by atoms with E-state index in [-0.39, 0.29) is 11.9 Å². The lowest BCUT2D eigenvalue weighted by Gasteiger charge is -2.11. The van der Waals surface area contributed by atoms with Gasteiger partial charge in [0.1, 0.15) is 5.00 Å². The van der Waals surface area contributed by atoms with Gasteiger partial charge in [-0.05, 0) is 49.4 Å². The van der Waals surface area contributed by atoms with E-state index in [9.17, 15) is 9.59 Å². The summed E-state index contributed by atoms with van der Waals surface area (Å²) in [6.45, 7) is 0. The third-order valence-electron chi connectivity index (χ3n) is 4.37.